The maximum atomic E-state index is 10.8. The average Bonchev–Trinajstić information content (AvgIpc) is 2.43. The third-order valence-corrected chi connectivity index (χ3v) is 3.34. The predicted octanol–water partition coefficient (Wildman–Crippen LogP) is 2.59. The number of carboxylic acid groups (broad SMARTS) is 1. The van der Waals surface area contributed by atoms with Crippen LogP contribution < -0.4 is 0 Å². The summed E-state index contributed by atoms with van der Waals surface area (Å²) in [6.45, 7) is 0. The Morgan fingerprint density at radius 3 is 2.79 bits per heavy atom. The Morgan fingerprint density at radius 2 is 2.14 bits per heavy atom. The summed E-state index contributed by atoms with van der Waals surface area (Å²) in [5.74, 6) is -1.09. The highest BCUT2D eigenvalue weighted by molar-refractivity contribution is 7.83. The fraction of sp³-hybridized carbons (Fsp3) is 0. The monoisotopic (exact) mass is 226 g/mol. The molecule has 0 saturated carbocycles. The van der Waals surface area contributed by atoms with Crippen molar-refractivity contribution in [2.45, 2.75) is 4.21 Å². The smallest absolute Gasteiger partial charge is 0.336 e. The molecule has 2 N–H and O–H groups in total. The molecule has 0 aliphatic rings. The van der Waals surface area contributed by atoms with Gasteiger partial charge in [0.1, 0.15) is 5.75 Å². The van der Waals surface area contributed by atoms with Crippen LogP contribution in [0.15, 0.2) is 22.4 Å². The first kappa shape index (κ1) is 9.36. The van der Waals surface area contributed by atoms with Crippen molar-refractivity contribution in [2.75, 3.05) is 0 Å². The molecule has 2 aromatic rings. The number of hydrogen-bond acceptors (Lipinski definition) is 4. The molecule has 1 heterocycles. The van der Waals surface area contributed by atoms with Crippen molar-refractivity contribution in [3.05, 3.63) is 23.8 Å². The van der Waals surface area contributed by atoms with Crippen molar-refractivity contribution in [1.82, 2.24) is 0 Å². The van der Waals surface area contributed by atoms with Gasteiger partial charge in [0, 0.05) is 4.70 Å². The molecule has 0 aliphatic heterocycles. The zero-order valence-corrected chi connectivity index (χ0v) is 8.60. The number of hydrogen-bond donors (Lipinski definition) is 3. The highest BCUT2D eigenvalue weighted by atomic mass is 32.2. The average molecular weight is 226 g/mol. The van der Waals surface area contributed by atoms with E-state index in [1.807, 2.05) is 0 Å². The van der Waals surface area contributed by atoms with E-state index in [9.17, 15) is 9.90 Å². The van der Waals surface area contributed by atoms with E-state index in [2.05, 4.69) is 12.6 Å². The summed E-state index contributed by atoms with van der Waals surface area (Å²) in [6, 6.07) is 4.87. The van der Waals surface area contributed by atoms with Crippen molar-refractivity contribution in [2.24, 2.45) is 0 Å². The second-order valence-electron chi connectivity index (χ2n) is 2.74. The van der Waals surface area contributed by atoms with Gasteiger partial charge in [-0.15, -0.1) is 24.0 Å². The highest BCUT2D eigenvalue weighted by Crippen LogP contribution is 2.40. The molecular formula is C9H6O3S2. The molecule has 1 aromatic heterocycles. The van der Waals surface area contributed by atoms with Crippen molar-refractivity contribution >= 4 is 40.0 Å². The minimum atomic E-state index is -1.04. The Bertz CT molecular complexity index is 516. The molecule has 0 unspecified atom stereocenters. The maximum Gasteiger partial charge on any atom is 0.336 e. The largest absolute Gasteiger partial charge is 0.505 e. The molecule has 0 atom stereocenters. The fourth-order valence-corrected chi connectivity index (χ4v) is 2.57. The number of rotatable bonds is 1. The van der Waals surface area contributed by atoms with Crippen LogP contribution in [0.5, 0.6) is 5.75 Å². The molecule has 3 nitrogen and oxygen atoms in total. The second-order valence-corrected chi connectivity index (χ2v) is 4.54. The molecule has 0 fully saturated rings. The molecule has 0 amide bonds. The highest BCUT2D eigenvalue weighted by Gasteiger charge is 2.15. The molecule has 1 aromatic carbocycles. The topological polar surface area (TPSA) is 57.5 Å². The van der Waals surface area contributed by atoms with E-state index >= 15 is 0 Å². The van der Waals surface area contributed by atoms with Gasteiger partial charge in [-0.2, -0.15) is 0 Å². The molecule has 0 bridgehead atoms. The van der Waals surface area contributed by atoms with Crippen LogP contribution in [0.25, 0.3) is 10.1 Å². The van der Waals surface area contributed by atoms with Gasteiger partial charge in [0.05, 0.1) is 15.2 Å². The summed E-state index contributed by atoms with van der Waals surface area (Å²) in [6.07, 6.45) is 0. The third-order valence-electron chi connectivity index (χ3n) is 1.90. The van der Waals surface area contributed by atoms with Crippen LogP contribution in [-0.2, 0) is 0 Å². The number of carboxylic acids is 1. The summed E-state index contributed by atoms with van der Waals surface area (Å²) >= 11 is 5.31. The van der Waals surface area contributed by atoms with Crippen molar-refractivity contribution in [3.8, 4) is 5.75 Å². The Morgan fingerprint density at radius 1 is 1.43 bits per heavy atom. The van der Waals surface area contributed by atoms with E-state index in [4.69, 9.17) is 5.11 Å². The number of aromatic carboxylic acids is 1. The van der Waals surface area contributed by atoms with Crippen molar-refractivity contribution in [3.63, 3.8) is 0 Å². The van der Waals surface area contributed by atoms with Gasteiger partial charge >= 0.3 is 5.97 Å². The number of carbonyl (C=O) groups is 1. The Hall–Kier alpha value is -1.20. The number of thiol groups is 1. The van der Waals surface area contributed by atoms with Gasteiger partial charge in [0.15, 0.2) is 0 Å². The van der Waals surface area contributed by atoms with Gasteiger partial charge < -0.3 is 10.2 Å². The van der Waals surface area contributed by atoms with Gasteiger partial charge in [0.25, 0.3) is 0 Å². The van der Waals surface area contributed by atoms with Gasteiger partial charge in [-0.3, -0.25) is 0 Å². The maximum absolute atomic E-state index is 10.8. The Balaban J connectivity index is 2.91. The molecule has 0 spiro atoms. The minimum Gasteiger partial charge on any atom is -0.505 e. The van der Waals surface area contributed by atoms with Crippen LogP contribution in [-0.4, -0.2) is 16.2 Å². The fourth-order valence-electron chi connectivity index (χ4n) is 1.30. The summed E-state index contributed by atoms with van der Waals surface area (Å²) in [5.41, 5.74) is 0.108. The minimum absolute atomic E-state index is 0.0497. The van der Waals surface area contributed by atoms with Crippen molar-refractivity contribution < 1.29 is 15.0 Å². The van der Waals surface area contributed by atoms with Crippen LogP contribution in [0.1, 0.15) is 10.4 Å². The van der Waals surface area contributed by atoms with Gasteiger partial charge in [-0.05, 0) is 12.1 Å². The Kier molecular flexibility index (Phi) is 2.13. The molecule has 5 heteroatoms. The lowest BCUT2D eigenvalue weighted by molar-refractivity contribution is 0.0699. The second kappa shape index (κ2) is 3.18. The third kappa shape index (κ3) is 1.25. The van der Waals surface area contributed by atoms with Gasteiger partial charge in [-0.25, -0.2) is 4.79 Å². The first-order valence-electron chi connectivity index (χ1n) is 3.78. The zero-order valence-electron chi connectivity index (χ0n) is 6.89. The van der Waals surface area contributed by atoms with Crippen LogP contribution in [0.4, 0.5) is 0 Å². The van der Waals surface area contributed by atoms with E-state index in [0.29, 0.717) is 9.60 Å². The molecule has 2 rings (SSSR count). The van der Waals surface area contributed by atoms with Crippen LogP contribution >= 0.6 is 24.0 Å². The van der Waals surface area contributed by atoms with Gasteiger partial charge in [0.2, 0.25) is 0 Å². The van der Waals surface area contributed by atoms with Crippen LogP contribution in [0, 0.1) is 0 Å². The first-order valence-corrected chi connectivity index (χ1v) is 5.04. The first-order chi connectivity index (χ1) is 6.61. The zero-order chi connectivity index (χ0) is 10.3. The lowest BCUT2D eigenvalue weighted by Crippen LogP contribution is -1.95. The molecule has 0 radical (unpaired) electrons. The van der Waals surface area contributed by atoms with Crippen LogP contribution in [0.3, 0.4) is 0 Å². The molecule has 0 aliphatic carbocycles. The van der Waals surface area contributed by atoms with E-state index in [0.717, 1.165) is 4.70 Å². The Labute approximate surface area is 89.0 Å². The number of benzene rings is 1. The predicted molar refractivity (Wildman–Crippen MR) is 57.7 cm³/mol. The van der Waals surface area contributed by atoms with Crippen LogP contribution in [0.2, 0.25) is 0 Å². The number of aromatic hydroxyl groups is 1. The van der Waals surface area contributed by atoms with E-state index in [1.165, 1.54) is 17.4 Å². The standard InChI is InChI=1S/C9H6O3S2/c10-7-6-4(8(11)12)2-1-3-5(6)14-9(7)13/h1-3,10,13H,(H,11,12). The lowest BCUT2D eigenvalue weighted by Gasteiger charge is -1.97. The lowest BCUT2D eigenvalue weighted by atomic mass is 10.1. The van der Waals surface area contributed by atoms with Crippen molar-refractivity contribution in [1.29, 1.82) is 0 Å². The van der Waals surface area contributed by atoms with Gasteiger partial charge in [-0.1, -0.05) is 6.07 Å². The number of thiophene rings is 1. The summed E-state index contributed by atoms with van der Waals surface area (Å²) in [5, 5.41) is 18.9. The van der Waals surface area contributed by atoms with E-state index in [-0.39, 0.29) is 11.3 Å². The quantitative estimate of drug-likeness (QED) is 0.655. The normalized spacial score (nSPS) is 10.6. The molecule has 72 valence electrons. The van der Waals surface area contributed by atoms with E-state index in [1.54, 1.807) is 12.1 Å². The molecular weight excluding hydrogens is 220 g/mol. The molecule has 0 saturated heterocycles. The summed E-state index contributed by atoms with van der Waals surface area (Å²) < 4.78 is 1.17. The summed E-state index contributed by atoms with van der Waals surface area (Å²) in [4.78, 5) is 10.8. The number of fused-ring (bicyclic) bond motifs is 1. The SMILES string of the molecule is O=C(O)c1cccc2sc(S)c(O)c12. The van der Waals surface area contributed by atoms with E-state index < -0.39 is 5.97 Å². The molecule has 14 heavy (non-hydrogen) atoms. The summed E-state index contributed by atoms with van der Waals surface area (Å²) in [7, 11) is 0.